The Morgan fingerprint density at radius 3 is 2.57 bits per heavy atom. The second-order valence-corrected chi connectivity index (χ2v) is 8.66. The Balaban J connectivity index is 0.000000228. The average Bonchev–Trinajstić information content (AvgIpc) is 3.43. The maximum Gasteiger partial charge on any atom is 0.144 e. The van der Waals surface area contributed by atoms with Crippen molar-refractivity contribution in [1.29, 1.82) is 0 Å². The molecule has 0 radical (unpaired) electrons. The van der Waals surface area contributed by atoms with Crippen LogP contribution in [-0.4, -0.2) is 50.0 Å². The summed E-state index contributed by atoms with van der Waals surface area (Å²) >= 11 is 0. The molecule has 5 rings (SSSR count). The zero-order valence-corrected chi connectivity index (χ0v) is 21.9. The molecule has 2 aromatic carbocycles. The van der Waals surface area contributed by atoms with E-state index in [1.54, 1.807) is 7.05 Å². The number of pyridine rings is 1. The molecule has 0 bridgehead atoms. The van der Waals surface area contributed by atoms with Crippen molar-refractivity contribution in [3.8, 4) is 5.75 Å². The first-order valence-corrected chi connectivity index (χ1v) is 12.5. The highest BCUT2D eigenvalue weighted by molar-refractivity contribution is 5.88. The highest BCUT2D eigenvalue weighted by Crippen LogP contribution is 2.29. The number of rotatable bonds is 6. The van der Waals surface area contributed by atoms with Gasteiger partial charge in [0.25, 0.3) is 0 Å². The van der Waals surface area contributed by atoms with Crippen molar-refractivity contribution in [2.45, 2.75) is 12.8 Å². The van der Waals surface area contributed by atoms with E-state index < -0.39 is 0 Å². The van der Waals surface area contributed by atoms with Crippen LogP contribution in [0.4, 0.5) is 17.1 Å². The topological polar surface area (TPSA) is 91.6 Å². The van der Waals surface area contributed by atoms with Gasteiger partial charge in [0, 0.05) is 74.9 Å². The van der Waals surface area contributed by atoms with Crippen LogP contribution in [0.5, 0.6) is 5.75 Å². The smallest absolute Gasteiger partial charge is 0.144 e. The van der Waals surface area contributed by atoms with E-state index in [1.807, 2.05) is 50.1 Å². The van der Waals surface area contributed by atoms with E-state index in [0.29, 0.717) is 5.92 Å². The molecule has 1 aliphatic rings. The number of fused-ring (bicyclic) bond motifs is 1. The SMILES string of the molecule is C=C.CN=Cc1ccc2cc[nH]c2c1.CNc1ccc(N)cc1OCC1CCN(c2ccncc2)CC1. The van der Waals surface area contributed by atoms with Gasteiger partial charge in [0.05, 0.1) is 12.3 Å². The second-order valence-electron chi connectivity index (χ2n) is 8.66. The van der Waals surface area contributed by atoms with E-state index in [4.69, 9.17) is 10.5 Å². The van der Waals surface area contributed by atoms with Gasteiger partial charge in [0.1, 0.15) is 5.75 Å². The Kier molecular flexibility index (Phi) is 10.6. The number of piperidine rings is 1. The number of nitrogen functional groups attached to an aromatic ring is 1. The Hall–Kier alpha value is -4.26. The normalized spacial score (nSPS) is 13.4. The molecule has 0 atom stereocenters. The number of ether oxygens (including phenoxy) is 1. The minimum absolute atomic E-state index is 0.583. The number of nitrogens with zero attached hydrogens (tertiary/aromatic N) is 3. The maximum absolute atomic E-state index is 6.02. The average molecular weight is 499 g/mol. The molecule has 0 amide bonds. The van der Waals surface area contributed by atoms with Crippen LogP contribution in [0.3, 0.4) is 0 Å². The van der Waals surface area contributed by atoms with Crippen LogP contribution in [0.15, 0.2) is 91.3 Å². The molecular weight excluding hydrogens is 460 g/mol. The van der Waals surface area contributed by atoms with Crippen LogP contribution in [0.2, 0.25) is 0 Å². The van der Waals surface area contributed by atoms with Gasteiger partial charge in [-0.05, 0) is 66.1 Å². The van der Waals surface area contributed by atoms with Gasteiger partial charge in [-0.2, -0.15) is 0 Å². The zero-order valence-electron chi connectivity index (χ0n) is 21.9. The van der Waals surface area contributed by atoms with Crippen LogP contribution in [0.25, 0.3) is 10.9 Å². The van der Waals surface area contributed by atoms with Crippen molar-refractivity contribution < 1.29 is 4.74 Å². The van der Waals surface area contributed by atoms with Gasteiger partial charge in [-0.3, -0.25) is 9.98 Å². The molecule has 7 heteroatoms. The molecule has 4 N–H and O–H groups in total. The van der Waals surface area contributed by atoms with Crippen LogP contribution >= 0.6 is 0 Å². The molecule has 4 aromatic rings. The van der Waals surface area contributed by atoms with Crippen LogP contribution in [0, 0.1) is 5.92 Å². The lowest BCUT2D eigenvalue weighted by Crippen LogP contribution is -2.35. The van der Waals surface area contributed by atoms with Gasteiger partial charge < -0.3 is 25.7 Å². The molecule has 0 saturated carbocycles. The lowest BCUT2D eigenvalue weighted by molar-refractivity contribution is 0.224. The van der Waals surface area contributed by atoms with E-state index in [-0.39, 0.29) is 0 Å². The largest absolute Gasteiger partial charge is 0.491 e. The molecule has 0 unspecified atom stereocenters. The van der Waals surface area contributed by atoms with Crippen LogP contribution in [0.1, 0.15) is 18.4 Å². The number of H-pyrrole nitrogens is 1. The fourth-order valence-corrected chi connectivity index (χ4v) is 4.28. The van der Waals surface area contributed by atoms with Gasteiger partial charge in [-0.25, -0.2) is 0 Å². The first-order valence-electron chi connectivity index (χ1n) is 12.5. The van der Waals surface area contributed by atoms with Gasteiger partial charge in [-0.1, -0.05) is 12.1 Å². The number of hydrogen-bond donors (Lipinski definition) is 3. The summed E-state index contributed by atoms with van der Waals surface area (Å²) in [5.41, 5.74) is 11.1. The maximum atomic E-state index is 6.02. The van der Waals surface area contributed by atoms with Gasteiger partial charge >= 0.3 is 0 Å². The lowest BCUT2D eigenvalue weighted by atomic mass is 9.97. The third-order valence-corrected chi connectivity index (χ3v) is 6.25. The summed E-state index contributed by atoms with van der Waals surface area (Å²) in [6.45, 7) is 8.87. The summed E-state index contributed by atoms with van der Waals surface area (Å²) in [6, 6.07) is 18.2. The Bertz CT molecular complexity index is 1250. The van der Waals surface area contributed by atoms with Crippen LogP contribution < -0.4 is 20.7 Å². The molecule has 7 nitrogen and oxygen atoms in total. The Morgan fingerprint density at radius 1 is 1.11 bits per heavy atom. The van der Waals surface area contributed by atoms with E-state index in [2.05, 4.69) is 74.7 Å². The number of aromatic amines is 1. The van der Waals surface area contributed by atoms with Crippen molar-refractivity contribution in [3.05, 3.63) is 91.9 Å². The summed E-state index contributed by atoms with van der Waals surface area (Å²) < 4.78 is 6.02. The van der Waals surface area contributed by atoms with E-state index in [9.17, 15) is 0 Å². The first-order chi connectivity index (χ1) is 18.2. The quantitative estimate of drug-likeness (QED) is 0.172. The summed E-state index contributed by atoms with van der Waals surface area (Å²) in [5, 5.41) is 4.38. The van der Waals surface area contributed by atoms with Crippen molar-refractivity contribution in [2.24, 2.45) is 10.9 Å². The fraction of sp³-hybridized carbons (Fsp3) is 0.267. The summed E-state index contributed by atoms with van der Waals surface area (Å²) in [7, 11) is 3.67. The molecule has 0 aliphatic carbocycles. The molecule has 3 heterocycles. The number of aromatic nitrogens is 2. The van der Waals surface area contributed by atoms with Gasteiger partial charge in [-0.15, -0.1) is 13.2 Å². The molecule has 2 aromatic heterocycles. The minimum atomic E-state index is 0.583. The van der Waals surface area contributed by atoms with Crippen molar-refractivity contribution in [1.82, 2.24) is 9.97 Å². The minimum Gasteiger partial charge on any atom is -0.491 e. The molecule has 37 heavy (non-hydrogen) atoms. The predicted molar refractivity (Wildman–Crippen MR) is 158 cm³/mol. The zero-order chi connectivity index (χ0) is 26.5. The summed E-state index contributed by atoms with van der Waals surface area (Å²) in [5.74, 6) is 1.42. The standard InChI is InChI=1S/C18H24N4O.C10H10N2.C2H4/c1-20-17-3-2-15(19)12-18(17)23-13-14-6-10-22(11-7-14)16-4-8-21-9-5-16;1-11-7-8-2-3-9-4-5-12-10(9)6-8;1-2/h2-5,8-9,12,14,20H,6-7,10-11,13,19H2,1H3;2-7,12H,1H3;1-2H2. The molecule has 1 saturated heterocycles. The number of nitrogens with two attached hydrogens (primary N) is 1. The Morgan fingerprint density at radius 2 is 1.86 bits per heavy atom. The molecular formula is C30H38N6O. The van der Waals surface area contributed by atoms with E-state index >= 15 is 0 Å². The van der Waals surface area contributed by atoms with Crippen LogP contribution in [-0.2, 0) is 0 Å². The number of anilines is 3. The van der Waals surface area contributed by atoms with E-state index in [0.717, 1.165) is 60.7 Å². The predicted octanol–water partition coefficient (Wildman–Crippen LogP) is 6.02. The molecule has 194 valence electrons. The van der Waals surface area contributed by atoms with Gasteiger partial charge in [0.2, 0.25) is 0 Å². The van der Waals surface area contributed by atoms with Crippen molar-refractivity contribution >= 4 is 34.2 Å². The van der Waals surface area contributed by atoms with Crippen molar-refractivity contribution in [2.75, 3.05) is 49.7 Å². The molecule has 0 spiro atoms. The third kappa shape index (κ3) is 7.87. The van der Waals surface area contributed by atoms with E-state index in [1.165, 1.54) is 11.1 Å². The Labute approximate surface area is 220 Å². The number of benzene rings is 2. The number of aliphatic imine (C=N–C) groups is 1. The first kappa shape index (κ1) is 27.3. The monoisotopic (exact) mass is 498 g/mol. The lowest BCUT2D eigenvalue weighted by Gasteiger charge is -2.33. The van der Waals surface area contributed by atoms with Crippen molar-refractivity contribution in [3.63, 3.8) is 0 Å². The summed E-state index contributed by atoms with van der Waals surface area (Å²) in [6.07, 6.45) is 9.77. The third-order valence-electron chi connectivity index (χ3n) is 6.25. The highest BCUT2D eigenvalue weighted by atomic mass is 16.5. The highest BCUT2D eigenvalue weighted by Gasteiger charge is 2.20. The number of hydrogen-bond acceptors (Lipinski definition) is 6. The number of nitrogens with one attached hydrogen (secondary N) is 2. The summed E-state index contributed by atoms with van der Waals surface area (Å²) in [4.78, 5) is 13.6. The fourth-order valence-electron chi connectivity index (χ4n) is 4.28. The second kappa shape index (κ2) is 14.3. The molecule has 1 aliphatic heterocycles. The molecule has 1 fully saturated rings. The van der Waals surface area contributed by atoms with Gasteiger partial charge in [0.15, 0.2) is 0 Å².